The minimum absolute atomic E-state index is 0.0402. The van der Waals surface area contributed by atoms with Gasteiger partial charge in [0.25, 0.3) is 5.91 Å². The van der Waals surface area contributed by atoms with Crippen LogP contribution in [0, 0.1) is 0 Å². The van der Waals surface area contributed by atoms with Gasteiger partial charge in [0.05, 0.1) is 12.1 Å². The van der Waals surface area contributed by atoms with Crippen LogP contribution in [0.4, 0.5) is 0 Å². The van der Waals surface area contributed by atoms with Gasteiger partial charge in [-0.05, 0) is 36.0 Å². The first-order chi connectivity index (χ1) is 10.4. The number of amides is 1. The molecule has 118 valence electrons. The molecule has 0 bridgehead atoms. The molecule has 1 aliphatic heterocycles. The first-order valence-electron chi connectivity index (χ1n) is 8.09. The second-order valence-electron chi connectivity index (χ2n) is 7.39. The summed E-state index contributed by atoms with van der Waals surface area (Å²) in [5.41, 5.74) is 1.98. The van der Waals surface area contributed by atoms with Crippen LogP contribution in [0.3, 0.4) is 0 Å². The summed E-state index contributed by atoms with van der Waals surface area (Å²) in [6, 6.07) is 5.79. The van der Waals surface area contributed by atoms with Gasteiger partial charge < -0.3 is 10.4 Å². The van der Waals surface area contributed by atoms with Crippen molar-refractivity contribution in [3.05, 3.63) is 29.3 Å². The lowest BCUT2D eigenvalue weighted by molar-refractivity contribution is -0.116. The van der Waals surface area contributed by atoms with Crippen molar-refractivity contribution < 1.29 is 9.90 Å². The van der Waals surface area contributed by atoms with Crippen LogP contribution < -0.4 is 5.32 Å². The Morgan fingerprint density at radius 3 is 2.68 bits per heavy atom. The number of carbonyl (C=O) groups is 1. The number of hydrogen-bond donors (Lipinski definition) is 2. The van der Waals surface area contributed by atoms with E-state index in [1.165, 1.54) is 0 Å². The maximum absolute atomic E-state index is 12.4. The molecule has 4 heteroatoms. The standard InChI is InChI=1S/C18H24N2O2/c1-18(2,3)11-8-9-15(21)12(10-11)16-17(22)20-14-7-5-4-6-13(14)19-16/h8-10,13-14,21H,4-7H2,1-3H3,(H,20,22). The van der Waals surface area contributed by atoms with E-state index in [0.29, 0.717) is 11.3 Å². The van der Waals surface area contributed by atoms with Crippen molar-refractivity contribution in [1.82, 2.24) is 5.32 Å². The fourth-order valence-electron chi connectivity index (χ4n) is 3.28. The van der Waals surface area contributed by atoms with E-state index in [-0.39, 0.29) is 29.2 Å². The highest BCUT2D eigenvalue weighted by Gasteiger charge is 2.34. The molecule has 3 rings (SSSR count). The average molecular weight is 300 g/mol. The minimum atomic E-state index is -0.162. The minimum Gasteiger partial charge on any atom is -0.507 e. The summed E-state index contributed by atoms with van der Waals surface area (Å²) < 4.78 is 0. The van der Waals surface area contributed by atoms with Crippen molar-refractivity contribution >= 4 is 11.6 Å². The second-order valence-corrected chi connectivity index (χ2v) is 7.39. The zero-order chi connectivity index (χ0) is 15.9. The number of fused-ring (bicyclic) bond motifs is 1. The number of hydrogen-bond acceptors (Lipinski definition) is 3. The van der Waals surface area contributed by atoms with Gasteiger partial charge in [0.1, 0.15) is 11.5 Å². The third-order valence-corrected chi connectivity index (χ3v) is 4.67. The quantitative estimate of drug-likeness (QED) is 0.837. The van der Waals surface area contributed by atoms with Crippen molar-refractivity contribution in [2.24, 2.45) is 4.99 Å². The Morgan fingerprint density at radius 1 is 1.23 bits per heavy atom. The summed E-state index contributed by atoms with van der Waals surface area (Å²) in [5, 5.41) is 13.3. The highest BCUT2D eigenvalue weighted by Crippen LogP contribution is 2.30. The highest BCUT2D eigenvalue weighted by molar-refractivity contribution is 6.46. The molecule has 1 amide bonds. The number of benzene rings is 1. The van der Waals surface area contributed by atoms with Gasteiger partial charge in [-0.15, -0.1) is 0 Å². The second kappa shape index (κ2) is 5.41. The maximum Gasteiger partial charge on any atom is 0.270 e. The number of phenols is 1. The van der Waals surface area contributed by atoms with Crippen LogP contribution in [0.25, 0.3) is 0 Å². The van der Waals surface area contributed by atoms with Gasteiger partial charge in [-0.1, -0.05) is 39.7 Å². The lowest BCUT2D eigenvalue weighted by atomic mass is 9.84. The Balaban J connectivity index is 2.02. The smallest absolute Gasteiger partial charge is 0.270 e. The van der Waals surface area contributed by atoms with Crippen LogP contribution in [0.1, 0.15) is 57.6 Å². The SMILES string of the molecule is CC(C)(C)c1ccc(O)c(C2=NC3CCCCC3NC2=O)c1. The molecule has 2 unspecified atom stereocenters. The molecule has 0 saturated heterocycles. The number of carbonyl (C=O) groups excluding carboxylic acids is 1. The van der Waals surface area contributed by atoms with E-state index in [2.05, 4.69) is 31.1 Å². The molecule has 0 spiro atoms. The van der Waals surface area contributed by atoms with Crippen molar-refractivity contribution in [2.45, 2.75) is 64.0 Å². The van der Waals surface area contributed by atoms with Crippen molar-refractivity contribution in [1.29, 1.82) is 0 Å². The molecule has 0 radical (unpaired) electrons. The Morgan fingerprint density at radius 2 is 1.95 bits per heavy atom. The molecule has 1 aliphatic carbocycles. The van der Waals surface area contributed by atoms with Gasteiger partial charge in [-0.25, -0.2) is 0 Å². The summed E-state index contributed by atoms with van der Waals surface area (Å²) in [6.45, 7) is 6.34. The molecule has 22 heavy (non-hydrogen) atoms. The first kappa shape index (κ1) is 15.1. The number of nitrogens with one attached hydrogen (secondary N) is 1. The van der Waals surface area contributed by atoms with Crippen LogP contribution in [0.2, 0.25) is 0 Å². The van der Waals surface area contributed by atoms with Crippen LogP contribution in [0.15, 0.2) is 23.2 Å². The highest BCUT2D eigenvalue weighted by atomic mass is 16.3. The predicted molar refractivity (Wildman–Crippen MR) is 87.5 cm³/mol. The number of phenolic OH excluding ortho intramolecular Hbond substituents is 1. The topological polar surface area (TPSA) is 61.7 Å². The van der Waals surface area contributed by atoms with Gasteiger partial charge >= 0.3 is 0 Å². The molecular formula is C18H24N2O2. The molecule has 2 atom stereocenters. The number of aromatic hydroxyl groups is 1. The van der Waals surface area contributed by atoms with Crippen molar-refractivity contribution in [2.75, 3.05) is 0 Å². The molecule has 2 aliphatic rings. The van der Waals surface area contributed by atoms with Gasteiger partial charge in [0.15, 0.2) is 0 Å². The van der Waals surface area contributed by atoms with Crippen LogP contribution in [0.5, 0.6) is 5.75 Å². The summed E-state index contributed by atoms with van der Waals surface area (Å²) in [6.07, 6.45) is 4.31. The third-order valence-electron chi connectivity index (χ3n) is 4.67. The van der Waals surface area contributed by atoms with Gasteiger partial charge in [-0.2, -0.15) is 0 Å². The zero-order valence-corrected chi connectivity index (χ0v) is 13.5. The van der Waals surface area contributed by atoms with E-state index in [9.17, 15) is 9.90 Å². The van der Waals surface area contributed by atoms with E-state index in [1.807, 2.05) is 12.1 Å². The molecule has 2 N–H and O–H groups in total. The lowest BCUT2D eigenvalue weighted by Crippen LogP contribution is -2.51. The third kappa shape index (κ3) is 2.74. The Labute approximate surface area is 131 Å². The van der Waals surface area contributed by atoms with E-state index < -0.39 is 0 Å². The molecule has 1 aromatic carbocycles. The van der Waals surface area contributed by atoms with E-state index in [4.69, 9.17) is 0 Å². The van der Waals surface area contributed by atoms with Crippen LogP contribution >= 0.6 is 0 Å². The number of aliphatic imine (C=N–C) groups is 1. The Bertz CT molecular complexity index is 628. The zero-order valence-electron chi connectivity index (χ0n) is 13.5. The van der Waals surface area contributed by atoms with E-state index >= 15 is 0 Å². The molecule has 0 aromatic heterocycles. The number of rotatable bonds is 1. The molecule has 1 saturated carbocycles. The monoisotopic (exact) mass is 300 g/mol. The summed E-state index contributed by atoms with van der Waals surface area (Å²) in [4.78, 5) is 17.1. The van der Waals surface area contributed by atoms with E-state index in [0.717, 1.165) is 31.2 Å². The molecule has 1 aromatic rings. The van der Waals surface area contributed by atoms with Gasteiger partial charge in [0.2, 0.25) is 0 Å². The molecular weight excluding hydrogens is 276 g/mol. The van der Waals surface area contributed by atoms with E-state index in [1.54, 1.807) is 6.07 Å². The normalized spacial score (nSPS) is 25.2. The number of nitrogens with zero attached hydrogens (tertiary/aromatic N) is 1. The summed E-state index contributed by atoms with van der Waals surface area (Å²) in [7, 11) is 0. The first-order valence-corrected chi connectivity index (χ1v) is 8.09. The van der Waals surface area contributed by atoms with Gasteiger partial charge in [0, 0.05) is 5.56 Å². The Kier molecular flexibility index (Phi) is 3.71. The predicted octanol–water partition coefficient (Wildman–Crippen LogP) is 2.92. The molecule has 1 heterocycles. The Hall–Kier alpha value is -1.84. The van der Waals surface area contributed by atoms with Crippen molar-refractivity contribution in [3.63, 3.8) is 0 Å². The van der Waals surface area contributed by atoms with Crippen LogP contribution in [-0.4, -0.2) is 28.8 Å². The average Bonchev–Trinajstić information content (AvgIpc) is 2.46. The fourth-order valence-corrected chi connectivity index (χ4v) is 3.28. The van der Waals surface area contributed by atoms with Crippen molar-refractivity contribution in [3.8, 4) is 5.75 Å². The summed E-state index contributed by atoms with van der Waals surface area (Å²) >= 11 is 0. The molecule has 1 fully saturated rings. The molecule has 4 nitrogen and oxygen atoms in total. The van der Waals surface area contributed by atoms with Gasteiger partial charge in [-0.3, -0.25) is 9.79 Å². The lowest BCUT2D eigenvalue weighted by Gasteiger charge is -2.34. The maximum atomic E-state index is 12.4. The fraction of sp³-hybridized carbons (Fsp3) is 0.556. The summed E-state index contributed by atoms with van der Waals surface area (Å²) in [5.74, 6) is -0.0410. The van der Waals surface area contributed by atoms with Crippen LogP contribution in [-0.2, 0) is 10.2 Å². The largest absolute Gasteiger partial charge is 0.507 e.